The van der Waals surface area contributed by atoms with Crippen molar-refractivity contribution in [2.24, 2.45) is 11.3 Å². The Labute approximate surface area is 108 Å². The summed E-state index contributed by atoms with van der Waals surface area (Å²) in [6.07, 6.45) is 7.85. The van der Waals surface area contributed by atoms with Crippen molar-refractivity contribution in [2.75, 3.05) is 0 Å². The first kappa shape index (κ1) is 11.9. The lowest BCUT2D eigenvalue weighted by Gasteiger charge is -2.46. The van der Waals surface area contributed by atoms with Crippen LogP contribution in [-0.2, 0) is 11.2 Å². The number of hydrogen-bond donors (Lipinski definition) is 0. The fourth-order valence-corrected chi connectivity index (χ4v) is 4.10. The molecule has 0 aliphatic heterocycles. The van der Waals surface area contributed by atoms with Crippen LogP contribution >= 0.6 is 0 Å². The van der Waals surface area contributed by atoms with Gasteiger partial charge in [-0.15, -0.1) is 0 Å². The molecule has 1 saturated carbocycles. The first-order valence-corrected chi connectivity index (χ1v) is 7.13. The highest BCUT2D eigenvalue weighted by Crippen LogP contribution is 2.53. The maximum Gasteiger partial charge on any atom is 0.143 e. The van der Waals surface area contributed by atoms with Gasteiger partial charge in [-0.2, -0.15) is 0 Å². The van der Waals surface area contributed by atoms with Crippen LogP contribution in [0.1, 0.15) is 63.2 Å². The van der Waals surface area contributed by atoms with Gasteiger partial charge in [0.25, 0.3) is 0 Å². The number of carbonyl (C=O) groups is 1. The summed E-state index contributed by atoms with van der Waals surface area (Å²) in [4.78, 5) is 12.4. The summed E-state index contributed by atoms with van der Waals surface area (Å²) < 4.78 is 5.49. The van der Waals surface area contributed by atoms with Crippen LogP contribution in [0.3, 0.4) is 0 Å². The fourth-order valence-electron chi connectivity index (χ4n) is 4.10. The standard InChI is InChI=1S/C15H21NO2/c1-3-5-11-12-6-4-7-13(17)15(12,2)8-10-9-16-18-14(10)11/h9,11-12H,3-8H2,1-2H3/t11-,12-,15-/m1/s1. The molecule has 0 aromatic carbocycles. The summed E-state index contributed by atoms with van der Waals surface area (Å²) in [7, 11) is 0. The van der Waals surface area contributed by atoms with Crippen LogP contribution in [0.2, 0.25) is 0 Å². The van der Waals surface area contributed by atoms with Crippen molar-refractivity contribution in [3.8, 4) is 0 Å². The number of Topliss-reactive ketones (excluding diaryl/α,β-unsaturated/α-hetero) is 1. The Bertz CT molecular complexity index is 465. The van der Waals surface area contributed by atoms with E-state index in [0.29, 0.717) is 17.6 Å². The predicted octanol–water partition coefficient (Wildman–Crippen LogP) is 3.49. The molecule has 3 atom stereocenters. The van der Waals surface area contributed by atoms with Crippen LogP contribution < -0.4 is 0 Å². The molecular weight excluding hydrogens is 226 g/mol. The number of rotatable bonds is 2. The molecule has 1 aromatic heterocycles. The second-order valence-corrected chi connectivity index (χ2v) is 6.13. The molecule has 1 aromatic rings. The number of nitrogens with zero attached hydrogens (tertiary/aromatic N) is 1. The maximum atomic E-state index is 12.4. The summed E-state index contributed by atoms with van der Waals surface area (Å²) >= 11 is 0. The lowest BCUT2D eigenvalue weighted by Crippen LogP contribution is -2.46. The molecule has 0 radical (unpaired) electrons. The Hall–Kier alpha value is -1.12. The van der Waals surface area contributed by atoms with Crippen molar-refractivity contribution in [3.05, 3.63) is 17.5 Å². The summed E-state index contributed by atoms with van der Waals surface area (Å²) in [6.45, 7) is 4.37. The molecule has 3 heteroatoms. The normalized spacial score (nSPS) is 35.1. The van der Waals surface area contributed by atoms with E-state index in [1.807, 2.05) is 6.20 Å². The third kappa shape index (κ3) is 1.56. The lowest BCUT2D eigenvalue weighted by atomic mass is 9.55. The monoisotopic (exact) mass is 247 g/mol. The molecule has 1 heterocycles. The minimum atomic E-state index is -0.170. The van der Waals surface area contributed by atoms with Gasteiger partial charge in [-0.25, -0.2) is 0 Å². The van der Waals surface area contributed by atoms with E-state index in [-0.39, 0.29) is 5.41 Å². The SMILES string of the molecule is CCC[C@H]1c2oncc2C[C@@]2(C)C(=O)CCC[C@H]12. The van der Waals surface area contributed by atoms with E-state index in [1.165, 1.54) is 5.56 Å². The molecule has 0 saturated heterocycles. The zero-order valence-corrected chi connectivity index (χ0v) is 11.2. The molecule has 2 aliphatic rings. The summed E-state index contributed by atoms with van der Waals surface area (Å²) in [5.41, 5.74) is 0.999. The van der Waals surface area contributed by atoms with Crippen LogP contribution in [0, 0.1) is 11.3 Å². The third-order valence-corrected chi connectivity index (χ3v) is 5.03. The van der Waals surface area contributed by atoms with E-state index in [0.717, 1.165) is 44.3 Å². The number of ketones is 1. The van der Waals surface area contributed by atoms with Gasteiger partial charge in [0.05, 0.1) is 6.20 Å². The van der Waals surface area contributed by atoms with Gasteiger partial charge in [0.15, 0.2) is 0 Å². The van der Waals surface area contributed by atoms with Crippen molar-refractivity contribution >= 4 is 5.78 Å². The van der Waals surface area contributed by atoms with Crippen LogP contribution in [-0.4, -0.2) is 10.9 Å². The maximum absolute atomic E-state index is 12.4. The zero-order chi connectivity index (χ0) is 12.8. The molecule has 2 aliphatic carbocycles. The van der Waals surface area contributed by atoms with Gasteiger partial charge in [-0.3, -0.25) is 4.79 Å². The smallest absolute Gasteiger partial charge is 0.143 e. The average Bonchev–Trinajstić information content (AvgIpc) is 2.79. The average molecular weight is 247 g/mol. The van der Waals surface area contributed by atoms with Gasteiger partial charge in [0.1, 0.15) is 11.5 Å². The molecule has 3 nitrogen and oxygen atoms in total. The molecule has 0 spiro atoms. The van der Waals surface area contributed by atoms with E-state index in [4.69, 9.17) is 4.52 Å². The van der Waals surface area contributed by atoms with Crippen molar-refractivity contribution in [2.45, 2.75) is 58.3 Å². The minimum Gasteiger partial charge on any atom is -0.361 e. The zero-order valence-electron chi connectivity index (χ0n) is 11.2. The van der Waals surface area contributed by atoms with Gasteiger partial charge in [-0.05, 0) is 31.6 Å². The second kappa shape index (κ2) is 4.22. The molecule has 0 amide bonds. The summed E-state index contributed by atoms with van der Waals surface area (Å²) in [5, 5.41) is 3.96. The number of fused-ring (bicyclic) bond motifs is 2. The fraction of sp³-hybridized carbons (Fsp3) is 0.733. The van der Waals surface area contributed by atoms with E-state index in [9.17, 15) is 4.79 Å². The quantitative estimate of drug-likeness (QED) is 0.803. The van der Waals surface area contributed by atoms with Crippen molar-refractivity contribution < 1.29 is 9.32 Å². The Kier molecular flexibility index (Phi) is 2.80. The molecule has 18 heavy (non-hydrogen) atoms. The largest absolute Gasteiger partial charge is 0.361 e. The summed E-state index contributed by atoms with van der Waals surface area (Å²) in [6, 6.07) is 0. The topological polar surface area (TPSA) is 43.1 Å². The number of aromatic nitrogens is 1. The number of carbonyl (C=O) groups excluding carboxylic acids is 1. The van der Waals surface area contributed by atoms with E-state index >= 15 is 0 Å². The van der Waals surface area contributed by atoms with Gasteiger partial charge in [-0.1, -0.05) is 25.4 Å². The Morgan fingerprint density at radius 3 is 3.17 bits per heavy atom. The lowest BCUT2D eigenvalue weighted by molar-refractivity contribution is -0.135. The Morgan fingerprint density at radius 2 is 2.39 bits per heavy atom. The van der Waals surface area contributed by atoms with Crippen LogP contribution in [0.4, 0.5) is 0 Å². The van der Waals surface area contributed by atoms with Crippen molar-refractivity contribution in [1.29, 1.82) is 0 Å². The number of hydrogen-bond acceptors (Lipinski definition) is 3. The van der Waals surface area contributed by atoms with E-state index in [1.54, 1.807) is 0 Å². The molecular formula is C15H21NO2. The Balaban J connectivity index is 2.05. The van der Waals surface area contributed by atoms with Crippen LogP contribution in [0.5, 0.6) is 0 Å². The highest BCUT2D eigenvalue weighted by Gasteiger charge is 2.51. The van der Waals surface area contributed by atoms with E-state index in [2.05, 4.69) is 19.0 Å². The van der Waals surface area contributed by atoms with Crippen molar-refractivity contribution in [3.63, 3.8) is 0 Å². The van der Waals surface area contributed by atoms with Gasteiger partial charge in [0, 0.05) is 23.3 Å². The summed E-state index contributed by atoms with van der Waals surface area (Å²) in [5.74, 6) is 2.37. The van der Waals surface area contributed by atoms with Gasteiger partial charge < -0.3 is 4.52 Å². The molecule has 1 fully saturated rings. The molecule has 3 rings (SSSR count). The molecule has 98 valence electrons. The highest BCUT2D eigenvalue weighted by atomic mass is 16.5. The van der Waals surface area contributed by atoms with E-state index < -0.39 is 0 Å². The van der Waals surface area contributed by atoms with Gasteiger partial charge in [0.2, 0.25) is 0 Å². The van der Waals surface area contributed by atoms with Crippen LogP contribution in [0.15, 0.2) is 10.7 Å². The minimum absolute atomic E-state index is 0.170. The second-order valence-electron chi connectivity index (χ2n) is 6.13. The molecule has 0 unspecified atom stereocenters. The third-order valence-electron chi connectivity index (χ3n) is 5.03. The molecule has 0 bridgehead atoms. The van der Waals surface area contributed by atoms with Crippen molar-refractivity contribution in [1.82, 2.24) is 5.16 Å². The molecule has 0 N–H and O–H groups in total. The van der Waals surface area contributed by atoms with Crippen LogP contribution in [0.25, 0.3) is 0 Å². The van der Waals surface area contributed by atoms with Gasteiger partial charge >= 0.3 is 0 Å². The first-order chi connectivity index (χ1) is 8.66. The predicted molar refractivity (Wildman–Crippen MR) is 68.3 cm³/mol. The highest BCUT2D eigenvalue weighted by molar-refractivity contribution is 5.86. The Morgan fingerprint density at radius 1 is 1.56 bits per heavy atom. The first-order valence-electron chi connectivity index (χ1n) is 7.13.